The van der Waals surface area contributed by atoms with Gasteiger partial charge in [0.2, 0.25) is 0 Å². The number of esters is 2. The summed E-state index contributed by atoms with van der Waals surface area (Å²) in [5, 5.41) is 0. The van der Waals surface area contributed by atoms with Crippen molar-refractivity contribution in [3.8, 4) is 0 Å². The van der Waals surface area contributed by atoms with Gasteiger partial charge in [0.05, 0.1) is 11.1 Å². The van der Waals surface area contributed by atoms with Gasteiger partial charge in [-0.1, -0.05) is 168 Å². The van der Waals surface area contributed by atoms with Gasteiger partial charge in [0, 0.05) is 26.2 Å². The zero-order valence-electron chi connectivity index (χ0n) is 32.1. The molecule has 0 aliphatic rings. The minimum Gasteiger partial charge on any atom is -0.446 e. The zero-order chi connectivity index (χ0) is 34.9. The molecule has 0 aliphatic heterocycles. The third-order valence-corrected chi connectivity index (χ3v) is 9.43. The van der Waals surface area contributed by atoms with Crippen LogP contribution < -0.4 is 0 Å². The van der Waals surface area contributed by atoms with Crippen LogP contribution in [0.1, 0.15) is 203 Å². The molecule has 0 bridgehead atoms. The van der Waals surface area contributed by atoms with E-state index in [1.807, 2.05) is 0 Å². The summed E-state index contributed by atoms with van der Waals surface area (Å²) < 4.78 is 11.7. The smallest absolute Gasteiger partial charge is 0.340 e. The average molecular weight is 673 g/mol. The molecule has 0 fully saturated rings. The second-order valence-electron chi connectivity index (χ2n) is 14.0. The Kier molecular flexibility index (Phi) is 29.7. The molecular formula is C42H76N2O4. The van der Waals surface area contributed by atoms with Gasteiger partial charge in [-0.2, -0.15) is 0 Å². The van der Waals surface area contributed by atoms with Gasteiger partial charge in [0.25, 0.3) is 0 Å². The molecule has 0 aliphatic carbocycles. The van der Waals surface area contributed by atoms with E-state index in [4.69, 9.17) is 9.47 Å². The minimum atomic E-state index is -0.450. The van der Waals surface area contributed by atoms with E-state index >= 15 is 0 Å². The molecule has 6 nitrogen and oxygen atoms in total. The van der Waals surface area contributed by atoms with Gasteiger partial charge in [0.15, 0.2) is 0 Å². The predicted octanol–water partition coefficient (Wildman–Crippen LogP) is 12.0. The predicted molar refractivity (Wildman–Crippen MR) is 204 cm³/mol. The van der Waals surface area contributed by atoms with Crippen LogP contribution in [0, 0.1) is 0 Å². The Morgan fingerprint density at radius 1 is 0.417 bits per heavy atom. The fraction of sp³-hybridized carbons (Fsp3) is 0.810. The molecule has 1 rings (SSSR count). The van der Waals surface area contributed by atoms with Gasteiger partial charge in [0.1, 0.15) is 13.5 Å². The SMILES string of the molecule is CCCCCCCCN(CCCCCCCC)COC(=O)c1ccccc1C(=O)OCN(CCCCCCCC)CCCCCCCC. The Labute approximate surface area is 297 Å². The van der Waals surface area contributed by atoms with Crippen molar-refractivity contribution in [3.05, 3.63) is 35.4 Å². The monoisotopic (exact) mass is 673 g/mol. The second kappa shape index (κ2) is 32.3. The lowest BCUT2D eigenvalue weighted by molar-refractivity contribution is 0.0164. The number of benzene rings is 1. The van der Waals surface area contributed by atoms with E-state index in [-0.39, 0.29) is 13.5 Å². The third-order valence-electron chi connectivity index (χ3n) is 9.43. The van der Waals surface area contributed by atoms with Crippen LogP contribution in [-0.2, 0) is 9.47 Å². The van der Waals surface area contributed by atoms with Crippen molar-refractivity contribution in [1.82, 2.24) is 9.80 Å². The van der Waals surface area contributed by atoms with Gasteiger partial charge in [-0.3, -0.25) is 9.80 Å². The maximum Gasteiger partial charge on any atom is 0.340 e. The van der Waals surface area contributed by atoms with E-state index in [1.165, 1.54) is 128 Å². The van der Waals surface area contributed by atoms with Crippen LogP contribution in [0.25, 0.3) is 0 Å². The van der Waals surface area contributed by atoms with Crippen LogP contribution in [0.4, 0.5) is 0 Å². The molecule has 0 amide bonds. The minimum absolute atomic E-state index is 0.260. The number of hydrogen-bond donors (Lipinski definition) is 0. The van der Waals surface area contributed by atoms with Gasteiger partial charge < -0.3 is 9.47 Å². The van der Waals surface area contributed by atoms with E-state index in [1.54, 1.807) is 24.3 Å². The van der Waals surface area contributed by atoms with Crippen molar-refractivity contribution in [3.63, 3.8) is 0 Å². The first-order chi connectivity index (χ1) is 23.6. The molecule has 0 saturated carbocycles. The average Bonchev–Trinajstić information content (AvgIpc) is 3.10. The van der Waals surface area contributed by atoms with E-state index < -0.39 is 11.9 Å². The number of hydrogen-bond acceptors (Lipinski definition) is 6. The van der Waals surface area contributed by atoms with E-state index in [0.717, 1.165) is 51.9 Å². The summed E-state index contributed by atoms with van der Waals surface area (Å²) in [4.78, 5) is 31.2. The molecule has 0 heterocycles. The third kappa shape index (κ3) is 23.4. The summed E-state index contributed by atoms with van der Waals surface area (Å²) in [5.41, 5.74) is 0.583. The highest BCUT2D eigenvalue weighted by atomic mass is 16.6. The largest absolute Gasteiger partial charge is 0.446 e. The van der Waals surface area contributed by atoms with Gasteiger partial charge in [-0.15, -0.1) is 0 Å². The van der Waals surface area contributed by atoms with Gasteiger partial charge >= 0.3 is 11.9 Å². The molecule has 278 valence electrons. The molecule has 0 N–H and O–H groups in total. The molecule has 48 heavy (non-hydrogen) atoms. The van der Waals surface area contributed by atoms with Gasteiger partial charge in [-0.25, -0.2) is 9.59 Å². The summed E-state index contributed by atoms with van der Waals surface area (Å²) in [6, 6.07) is 6.96. The van der Waals surface area contributed by atoms with Crippen LogP contribution in [0.5, 0.6) is 0 Å². The molecule has 0 radical (unpaired) electrons. The standard InChI is InChI=1S/C42H76N2O4/c1-5-9-13-17-21-27-33-43(34-28-22-18-14-10-6-2)37-47-41(45)39-31-25-26-32-40(39)42(46)48-38-44(35-29-23-19-15-11-7-3)36-30-24-20-16-12-8-4/h25-26,31-32H,5-24,27-30,33-38H2,1-4H3. The second-order valence-corrected chi connectivity index (χ2v) is 14.0. The first-order valence-corrected chi connectivity index (χ1v) is 20.4. The Bertz CT molecular complexity index is 789. The normalized spacial score (nSPS) is 11.5. The molecule has 6 heteroatoms. The zero-order valence-corrected chi connectivity index (χ0v) is 32.1. The van der Waals surface area contributed by atoms with Gasteiger partial charge in [-0.05, 0) is 37.8 Å². The molecule has 1 aromatic carbocycles. The first-order valence-electron chi connectivity index (χ1n) is 20.4. The lowest BCUT2D eigenvalue weighted by Crippen LogP contribution is -2.31. The molecule has 0 unspecified atom stereocenters. The number of carbonyl (C=O) groups is 2. The van der Waals surface area contributed by atoms with E-state index in [9.17, 15) is 9.59 Å². The lowest BCUT2D eigenvalue weighted by atomic mass is 10.1. The number of ether oxygens (including phenoxy) is 2. The topological polar surface area (TPSA) is 59.1 Å². The number of nitrogens with zero attached hydrogens (tertiary/aromatic N) is 2. The van der Waals surface area contributed by atoms with Crippen molar-refractivity contribution in [2.45, 2.75) is 182 Å². The van der Waals surface area contributed by atoms with Crippen LogP contribution in [-0.4, -0.2) is 61.4 Å². The quantitative estimate of drug-likeness (QED) is 0.0412. The van der Waals surface area contributed by atoms with Crippen molar-refractivity contribution < 1.29 is 19.1 Å². The lowest BCUT2D eigenvalue weighted by Gasteiger charge is -2.23. The summed E-state index contributed by atoms with van der Waals surface area (Å²) >= 11 is 0. The molecule has 0 aromatic heterocycles. The molecule has 0 atom stereocenters. The summed E-state index contributed by atoms with van der Waals surface area (Å²) in [7, 11) is 0. The number of rotatable bonds is 34. The number of carbonyl (C=O) groups excluding carboxylic acids is 2. The molecule has 0 saturated heterocycles. The maximum atomic E-state index is 13.3. The van der Waals surface area contributed by atoms with Crippen molar-refractivity contribution in [2.75, 3.05) is 39.6 Å². The highest BCUT2D eigenvalue weighted by molar-refractivity contribution is 6.03. The Balaban J connectivity index is 2.72. The molecule has 1 aromatic rings. The Morgan fingerprint density at radius 3 is 0.938 bits per heavy atom. The van der Waals surface area contributed by atoms with Crippen molar-refractivity contribution in [1.29, 1.82) is 0 Å². The van der Waals surface area contributed by atoms with Crippen molar-refractivity contribution in [2.24, 2.45) is 0 Å². The van der Waals surface area contributed by atoms with Crippen LogP contribution in [0.2, 0.25) is 0 Å². The molecular weight excluding hydrogens is 596 g/mol. The van der Waals surface area contributed by atoms with E-state index in [0.29, 0.717) is 11.1 Å². The first kappa shape index (κ1) is 44.1. The van der Waals surface area contributed by atoms with Crippen LogP contribution in [0.3, 0.4) is 0 Å². The fourth-order valence-corrected chi connectivity index (χ4v) is 6.24. The summed E-state index contributed by atoms with van der Waals surface area (Å²) in [6.45, 7) is 13.3. The van der Waals surface area contributed by atoms with E-state index in [2.05, 4.69) is 37.5 Å². The summed E-state index contributed by atoms with van der Waals surface area (Å²) in [5.74, 6) is -0.899. The maximum absolute atomic E-state index is 13.3. The summed E-state index contributed by atoms with van der Waals surface area (Å²) in [6.07, 6.45) is 29.8. The Hall–Kier alpha value is -1.92. The fourth-order valence-electron chi connectivity index (χ4n) is 6.24. The van der Waals surface area contributed by atoms with Crippen LogP contribution in [0.15, 0.2) is 24.3 Å². The highest BCUT2D eigenvalue weighted by Crippen LogP contribution is 2.15. The molecule has 0 spiro atoms. The van der Waals surface area contributed by atoms with Crippen molar-refractivity contribution >= 4 is 11.9 Å². The Morgan fingerprint density at radius 2 is 0.667 bits per heavy atom. The van der Waals surface area contributed by atoms with Crippen LogP contribution >= 0.6 is 0 Å². The highest BCUT2D eigenvalue weighted by Gasteiger charge is 2.21. The number of unbranched alkanes of at least 4 members (excludes halogenated alkanes) is 20.